The molecule has 6 nitrogen and oxygen atoms in total. The molecule has 6 heteroatoms. The van der Waals surface area contributed by atoms with Gasteiger partial charge in [0.1, 0.15) is 0 Å². The minimum Gasteiger partial charge on any atom is -0.389 e. The lowest BCUT2D eigenvalue weighted by Crippen LogP contribution is -2.48. The van der Waals surface area contributed by atoms with E-state index in [1.165, 1.54) is 5.56 Å². The fourth-order valence-electron chi connectivity index (χ4n) is 3.18. The average Bonchev–Trinajstić information content (AvgIpc) is 3.02. The van der Waals surface area contributed by atoms with Crippen molar-refractivity contribution in [2.45, 2.75) is 19.3 Å². The first-order chi connectivity index (χ1) is 12.2. The summed E-state index contributed by atoms with van der Waals surface area (Å²) in [5, 5.41) is 14.4. The Morgan fingerprint density at radius 3 is 2.48 bits per heavy atom. The smallest absolute Gasteiger partial charge is 0.0900 e. The minimum atomic E-state index is -0.436. The summed E-state index contributed by atoms with van der Waals surface area (Å²) in [5.41, 5.74) is 2.39. The Balaban J connectivity index is 1.31. The quantitative estimate of drug-likeness (QED) is 0.778. The third-order valence-electron chi connectivity index (χ3n) is 4.52. The molecule has 1 fully saturated rings. The molecule has 3 rings (SSSR count). The minimum absolute atomic E-state index is 0.380. The molecule has 0 aliphatic carbocycles. The molecular weight excluding hydrogens is 316 g/mol. The monoisotopic (exact) mass is 344 g/mol. The van der Waals surface area contributed by atoms with Crippen molar-refractivity contribution >= 4 is 0 Å². The molecule has 1 atom stereocenters. The lowest BCUT2D eigenvalue weighted by atomic mass is 10.2. The van der Waals surface area contributed by atoms with Crippen LogP contribution >= 0.6 is 0 Å². The maximum absolute atomic E-state index is 10.2. The Bertz CT molecular complexity index is 623. The van der Waals surface area contributed by atoms with E-state index in [-0.39, 0.29) is 0 Å². The van der Waals surface area contributed by atoms with Gasteiger partial charge in [-0.3, -0.25) is 14.5 Å². The highest BCUT2D eigenvalue weighted by molar-refractivity contribution is 5.13. The number of ether oxygens (including phenoxy) is 1. The summed E-state index contributed by atoms with van der Waals surface area (Å²) < 4.78 is 7.47. The highest BCUT2D eigenvalue weighted by Gasteiger charge is 2.19. The third kappa shape index (κ3) is 5.93. The van der Waals surface area contributed by atoms with Gasteiger partial charge in [0.25, 0.3) is 0 Å². The van der Waals surface area contributed by atoms with Crippen molar-refractivity contribution in [2.75, 3.05) is 39.3 Å². The standard InChI is InChI=1S/C19H28N4O2/c1-21-12-18(11-20-21)13-22-7-9-23(10-8-22)14-19(24)16-25-15-17-5-3-2-4-6-17/h2-6,11-12,19,24H,7-10,13-16H2,1H3/t19-/m0/s1. The SMILES string of the molecule is Cn1cc(CN2CCN(C[C@H](O)COCc3ccccc3)CC2)cn1. The number of rotatable bonds is 8. The number of nitrogens with zero attached hydrogens (tertiary/aromatic N) is 4. The molecule has 1 aromatic carbocycles. The van der Waals surface area contributed by atoms with E-state index in [1.807, 2.05) is 48.3 Å². The number of β-amino-alcohol motifs (C(OH)–C–C–N with tert-alkyl or cyclic N) is 1. The first-order valence-electron chi connectivity index (χ1n) is 8.91. The van der Waals surface area contributed by atoms with Gasteiger partial charge >= 0.3 is 0 Å². The number of benzene rings is 1. The summed E-state index contributed by atoms with van der Waals surface area (Å²) in [7, 11) is 1.95. The fourth-order valence-corrected chi connectivity index (χ4v) is 3.18. The van der Waals surface area contributed by atoms with Crippen LogP contribution in [0, 0.1) is 0 Å². The third-order valence-corrected chi connectivity index (χ3v) is 4.52. The Labute approximate surface area is 149 Å². The first-order valence-corrected chi connectivity index (χ1v) is 8.91. The second-order valence-corrected chi connectivity index (χ2v) is 6.75. The van der Waals surface area contributed by atoms with Gasteiger partial charge in [-0.1, -0.05) is 30.3 Å². The van der Waals surface area contributed by atoms with Gasteiger partial charge in [0.05, 0.1) is 25.5 Å². The summed E-state index contributed by atoms with van der Waals surface area (Å²) in [6.07, 6.45) is 3.56. The second kappa shape index (κ2) is 9.10. The van der Waals surface area contributed by atoms with E-state index >= 15 is 0 Å². The van der Waals surface area contributed by atoms with Crippen molar-refractivity contribution in [3.8, 4) is 0 Å². The van der Waals surface area contributed by atoms with Gasteiger partial charge in [-0.15, -0.1) is 0 Å². The van der Waals surface area contributed by atoms with E-state index in [2.05, 4.69) is 21.1 Å². The van der Waals surface area contributed by atoms with Crippen LogP contribution in [0.1, 0.15) is 11.1 Å². The zero-order valence-corrected chi connectivity index (χ0v) is 14.9. The molecule has 0 spiro atoms. The molecule has 0 unspecified atom stereocenters. The van der Waals surface area contributed by atoms with Crippen LogP contribution in [0.2, 0.25) is 0 Å². The molecule has 136 valence electrons. The number of aryl methyl sites for hydroxylation is 1. The van der Waals surface area contributed by atoms with Gasteiger partial charge in [0, 0.05) is 58.1 Å². The second-order valence-electron chi connectivity index (χ2n) is 6.75. The van der Waals surface area contributed by atoms with Gasteiger partial charge in [0.2, 0.25) is 0 Å². The molecule has 0 radical (unpaired) electrons. The fraction of sp³-hybridized carbons (Fsp3) is 0.526. The maximum atomic E-state index is 10.2. The molecule has 25 heavy (non-hydrogen) atoms. The van der Waals surface area contributed by atoms with Gasteiger partial charge in [0.15, 0.2) is 0 Å². The van der Waals surface area contributed by atoms with Crippen molar-refractivity contribution in [3.63, 3.8) is 0 Å². The molecular formula is C19H28N4O2. The molecule has 0 bridgehead atoms. The van der Waals surface area contributed by atoms with Gasteiger partial charge in [-0.05, 0) is 5.56 Å². The number of hydrogen-bond acceptors (Lipinski definition) is 5. The van der Waals surface area contributed by atoms with Crippen molar-refractivity contribution in [2.24, 2.45) is 7.05 Å². The van der Waals surface area contributed by atoms with Crippen LogP contribution in [0.25, 0.3) is 0 Å². The highest BCUT2D eigenvalue weighted by atomic mass is 16.5. The number of aliphatic hydroxyl groups is 1. The summed E-state index contributed by atoms with van der Waals surface area (Å²) in [6, 6.07) is 10.1. The van der Waals surface area contributed by atoms with Crippen LogP contribution in [-0.2, 0) is 24.9 Å². The van der Waals surface area contributed by atoms with E-state index in [4.69, 9.17) is 4.74 Å². The largest absolute Gasteiger partial charge is 0.389 e. The molecule has 1 aliphatic heterocycles. The Hall–Kier alpha value is -1.73. The van der Waals surface area contributed by atoms with Crippen LogP contribution in [0.5, 0.6) is 0 Å². The zero-order valence-electron chi connectivity index (χ0n) is 14.9. The van der Waals surface area contributed by atoms with Crippen molar-refractivity contribution in [1.82, 2.24) is 19.6 Å². The summed E-state index contributed by atoms with van der Waals surface area (Å²) in [4.78, 5) is 4.75. The predicted molar refractivity (Wildman–Crippen MR) is 97.0 cm³/mol. The molecule has 0 saturated carbocycles. The predicted octanol–water partition coefficient (Wildman–Crippen LogP) is 1.12. The first kappa shape index (κ1) is 18.1. The van der Waals surface area contributed by atoms with E-state index in [0.717, 1.165) is 38.3 Å². The van der Waals surface area contributed by atoms with Gasteiger partial charge in [-0.2, -0.15) is 5.10 Å². The van der Waals surface area contributed by atoms with Crippen molar-refractivity contribution in [1.29, 1.82) is 0 Å². The Morgan fingerprint density at radius 2 is 1.80 bits per heavy atom. The number of piperazine rings is 1. The molecule has 2 aromatic rings. The van der Waals surface area contributed by atoms with Crippen LogP contribution in [0.3, 0.4) is 0 Å². The molecule has 0 amide bonds. The van der Waals surface area contributed by atoms with E-state index in [0.29, 0.717) is 19.8 Å². The van der Waals surface area contributed by atoms with Crippen LogP contribution < -0.4 is 0 Å². The Morgan fingerprint density at radius 1 is 1.08 bits per heavy atom. The van der Waals surface area contributed by atoms with E-state index in [9.17, 15) is 5.11 Å². The summed E-state index contributed by atoms with van der Waals surface area (Å²) in [5.74, 6) is 0. The highest BCUT2D eigenvalue weighted by Crippen LogP contribution is 2.08. The van der Waals surface area contributed by atoms with Crippen LogP contribution in [0.4, 0.5) is 0 Å². The normalized spacial score (nSPS) is 17.7. The number of aliphatic hydroxyl groups excluding tert-OH is 1. The van der Waals surface area contributed by atoms with Crippen LogP contribution in [-0.4, -0.2) is 70.1 Å². The lowest BCUT2D eigenvalue weighted by Gasteiger charge is -2.35. The Kier molecular flexibility index (Phi) is 6.58. The lowest BCUT2D eigenvalue weighted by molar-refractivity contribution is 0.000877. The molecule has 2 heterocycles. The molecule has 1 saturated heterocycles. The van der Waals surface area contributed by atoms with Crippen molar-refractivity contribution < 1.29 is 9.84 Å². The zero-order chi connectivity index (χ0) is 17.5. The number of aromatic nitrogens is 2. The van der Waals surface area contributed by atoms with E-state index in [1.54, 1.807) is 0 Å². The molecule has 1 N–H and O–H groups in total. The van der Waals surface area contributed by atoms with Crippen LogP contribution in [0.15, 0.2) is 42.7 Å². The van der Waals surface area contributed by atoms with Gasteiger partial charge < -0.3 is 9.84 Å². The topological polar surface area (TPSA) is 53.8 Å². The van der Waals surface area contributed by atoms with Gasteiger partial charge in [-0.25, -0.2) is 0 Å². The molecule has 1 aliphatic rings. The molecule has 1 aromatic heterocycles. The summed E-state index contributed by atoms with van der Waals surface area (Å²) in [6.45, 7) is 6.56. The average molecular weight is 344 g/mol. The van der Waals surface area contributed by atoms with E-state index < -0.39 is 6.10 Å². The maximum Gasteiger partial charge on any atom is 0.0900 e. The number of hydrogen-bond donors (Lipinski definition) is 1. The van der Waals surface area contributed by atoms with Crippen molar-refractivity contribution in [3.05, 3.63) is 53.9 Å². The summed E-state index contributed by atoms with van der Waals surface area (Å²) >= 11 is 0.